The molecule has 0 amide bonds. The van der Waals surface area contributed by atoms with E-state index in [-0.39, 0.29) is 17.4 Å². The molecule has 1 aromatic rings. The van der Waals surface area contributed by atoms with Gasteiger partial charge in [-0.05, 0) is 12.1 Å². The second-order valence-corrected chi connectivity index (χ2v) is 5.79. The average molecular weight is 320 g/mol. The fourth-order valence-corrected chi connectivity index (χ4v) is 2.87. The number of hydrogen-bond acceptors (Lipinski definition) is 4. The Kier molecular flexibility index (Phi) is 4.95. The van der Waals surface area contributed by atoms with Crippen LogP contribution in [0.15, 0.2) is 27.6 Å². The molecule has 0 saturated carbocycles. The van der Waals surface area contributed by atoms with Crippen molar-refractivity contribution < 1.29 is 14.8 Å². The normalized spacial score (nSPS) is 12.1. The van der Waals surface area contributed by atoms with Gasteiger partial charge in [-0.3, -0.25) is 14.9 Å². The molecular formula is C10H10BrNO4S. The van der Waals surface area contributed by atoms with Crippen LogP contribution in [0.3, 0.4) is 0 Å². The lowest BCUT2D eigenvalue weighted by Crippen LogP contribution is -2.06. The van der Waals surface area contributed by atoms with Crippen molar-refractivity contribution in [1.82, 2.24) is 0 Å². The van der Waals surface area contributed by atoms with E-state index in [0.29, 0.717) is 4.90 Å². The number of carboxylic acid groups (broad SMARTS) is 1. The maximum atomic E-state index is 10.8. The summed E-state index contributed by atoms with van der Waals surface area (Å²) in [6, 6.07) is 4.62. The van der Waals surface area contributed by atoms with Gasteiger partial charge in [0.05, 0.1) is 16.2 Å². The minimum Gasteiger partial charge on any atom is -0.481 e. The van der Waals surface area contributed by atoms with Crippen molar-refractivity contribution in [1.29, 1.82) is 0 Å². The van der Waals surface area contributed by atoms with Crippen LogP contribution in [0.25, 0.3) is 0 Å². The fraction of sp³-hybridized carbons (Fsp3) is 0.300. The van der Waals surface area contributed by atoms with Crippen molar-refractivity contribution in [3.05, 3.63) is 32.8 Å². The first kappa shape index (κ1) is 14.0. The van der Waals surface area contributed by atoms with Gasteiger partial charge in [-0.2, -0.15) is 0 Å². The lowest BCUT2D eigenvalue weighted by atomic mass is 10.3. The Morgan fingerprint density at radius 3 is 2.82 bits per heavy atom. The molecule has 0 spiro atoms. The Morgan fingerprint density at radius 1 is 1.65 bits per heavy atom. The highest BCUT2D eigenvalue weighted by atomic mass is 79.9. The Balaban J connectivity index is 2.92. The van der Waals surface area contributed by atoms with Crippen molar-refractivity contribution in [3.8, 4) is 0 Å². The van der Waals surface area contributed by atoms with Gasteiger partial charge in [0.2, 0.25) is 0 Å². The predicted octanol–water partition coefficient (Wildman–Crippen LogP) is 3.31. The maximum absolute atomic E-state index is 10.8. The van der Waals surface area contributed by atoms with Crippen molar-refractivity contribution in [2.24, 2.45) is 0 Å². The number of aliphatic carboxylic acids is 1. The summed E-state index contributed by atoms with van der Waals surface area (Å²) in [5.41, 5.74) is -0.00422. The van der Waals surface area contributed by atoms with Crippen LogP contribution in [0.1, 0.15) is 13.3 Å². The average Bonchev–Trinajstić information content (AvgIpc) is 2.15. The van der Waals surface area contributed by atoms with E-state index in [1.807, 2.05) is 0 Å². The fourth-order valence-electron chi connectivity index (χ4n) is 1.24. The topological polar surface area (TPSA) is 80.4 Å². The molecule has 0 aliphatic rings. The molecule has 92 valence electrons. The molecule has 0 fully saturated rings. The minimum atomic E-state index is -0.914. The smallest absolute Gasteiger partial charge is 0.304 e. The first-order chi connectivity index (χ1) is 7.90. The lowest BCUT2D eigenvalue weighted by Gasteiger charge is -2.08. The van der Waals surface area contributed by atoms with Crippen LogP contribution in [-0.2, 0) is 4.79 Å². The van der Waals surface area contributed by atoms with Gasteiger partial charge in [0.15, 0.2) is 0 Å². The zero-order valence-corrected chi connectivity index (χ0v) is 11.3. The summed E-state index contributed by atoms with van der Waals surface area (Å²) in [6.45, 7) is 1.73. The van der Waals surface area contributed by atoms with Gasteiger partial charge in [-0.1, -0.05) is 22.9 Å². The van der Waals surface area contributed by atoms with E-state index < -0.39 is 10.9 Å². The quantitative estimate of drug-likeness (QED) is 0.511. The third-order valence-electron chi connectivity index (χ3n) is 1.91. The summed E-state index contributed by atoms with van der Waals surface area (Å²) in [7, 11) is 0. The van der Waals surface area contributed by atoms with Crippen LogP contribution in [0.2, 0.25) is 0 Å². The zero-order chi connectivity index (χ0) is 13.0. The van der Waals surface area contributed by atoms with Crippen molar-refractivity contribution in [3.63, 3.8) is 0 Å². The molecular weight excluding hydrogens is 310 g/mol. The SMILES string of the molecule is CC(CC(=O)O)Sc1cc(Br)ccc1[N+](=O)[O-]. The number of hydrogen-bond donors (Lipinski definition) is 1. The van der Waals surface area contributed by atoms with E-state index in [2.05, 4.69) is 15.9 Å². The minimum absolute atomic E-state index is 0.00422. The molecule has 1 atom stereocenters. The zero-order valence-electron chi connectivity index (χ0n) is 8.92. The van der Waals surface area contributed by atoms with E-state index in [1.165, 1.54) is 17.8 Å². The second-order valence-electron chi connectivity index (χ2n) is 3.40. The van der Waals surface area contributed by atoms with Crippen molar-refractivity contribution >= 4 is 39.3 Å². The molecule has 0 radical (unpaired) electrons. The number of nitro benzene ring substituents is 1. The number of nitro groups is 1. The highest BCUT2D eigenvalue weighted by Crippen LogP contribution is 2.35. The standard InChI is InChI=1S/C10H10BrNO4S/c1-6(4-10(13)14)17-9-5-7(11)2-3-8(9)12(15)16/h2-3,5-6H,4H2,1H3,(H,13,14). The van der Waals surface area contributed by atoms with Gasteiger partial charge in [0, 0.05) is 15.8 Å². The number of benzene rings is 1. The summed E-state index contributed by atoms with van der Waals surface area (Å²) in [4.78, 5) is 21.3. The van der Waals surface area contributed by atoms with Crippen molar-refractivity contribution in [2.75, 3.05) is 0 Å². The van der Waals surface area contributed by atoms with Crippen LogP contribution in [0.5, 0.6) is 0 Å². The molecule has 1 unspecified atom stereocenters. The summed E-state index contributed by atoms with van der Waals surface area (Å²) < 4.78 is 0.730. The van der Waals surface area contributed by atoms with Crippen LogP contribution < -0.4 is 0 Å². The molecule has 5 nitrogen and oxygen atoms in total. The van der Waals surface area contributed by atoms with Gasteiger partial charge >= 0.3 is 5.97 Å². The monoisotopic (exact) mass is 319 g/mol. The molecule has 7 heteroatoms. The van der Waals surface area contributed by atoms with Crippen LogP contribution in [0, 0.1) is 10.1 Å². The van der Waals surface area contributed by atoms with E-state index >= 15 is 0 Å². The molecule has 1 N–H and O–H groups in total. The maximum Gasteiger partial charge on any atom is 0.304 e. The molecule has 17 heavy (non-hydrogen) atoms. The summed E-state index contributed by atoms with van der Waals surface area (Å²) in [5, 5.41) is 19.2. The molecule has 0 aliphatic carbocycles. The van der Waals surface area contributed by atoms with Crippen LogP contribution in [-0.4, -0.2) is 21.2 Å². The first-order valence-electron chi connectivity index (χ1n) is 4.72. The van der Waals surface area contributed by atoms with Crippen LogP contribution in [0.4, 0.5) is 5.69 Å². The van der Waals surface area contributed by atoms with Crippen molar-refractivity contribution in [2.45, 2.75) is 23.5 Å². The Labute approximate surface area is 110 Å². The largest absolute Gasteiger partial charge is 0.481 e. The molecule has 1 rings (SSSR count). The summed E-state index contributed by atoms with van der Waals surface area (Å²) in [5.74, 6) is -0.914. The number of nitrogens with zero attached hydrogens (tertiary/aromatic N) is 1. The van der Waals surface area contributed by atoms with Gasteiger partial charge in [0.1, 0.15) is 0 Å². The second kappa shape index (κ2) is 6.02. The first-order valence-corrected chi connectivity index (χ1v) is 6.40. The van der Waals surface area contributed by atoms with Gasteiger partial charge in [0.25, 0.3) is 5.69 Å². The van der Waals surface area contributed by atoms with Gasteiger partial charge in [-0.15, -0.1) is 11.8 Å². The summed E-state index contributed by atoms with van der Waals surface area (Å²) >= 11 is 4.42. The highest BCUT2D eigenvalue weighted by molar-refractivity contribution is 9.10. The highest BCUT2D eigenvalue weighted by Gasteiger charge is 2.18. The van der Waals surface area contributed by atoms with Crippen LogP contribution >= 0.6 is 27.7 Å². The van der Waals surface area contributed by atoms with E-state index in [1.54, 1.807) is 19.1 Å². The third-order valence-corrected chi connectivity index (χ3v) is 3.55. The van der Waals surface area contributed by atoms with E-state index in [9.17, 15) is 14.9 Å². The molecule has 0 bridgehead atoms. The predicted molar refractivity (Wildman–Crippen MR) is 68.4 cm³/mol. The number of carboxylic acids is 1. The van der Waals surface area contributed by atoms with E-state index in [0.717, 1.165) is 4.47 Å². The number of carbonyl (C=O) groups is 1. The molecule has 0 saturated heterocycles. The summed E-state index contributed by atoms with van der Waals surface area (Å²) in [6.07, 6.45) is -0.0334. The molecule has 1 aromatic carbocycles. The number of halogens is 1. The Hall–Kier alpha value is -1.08. The number of thioether (sulfide) groups is 1. The third kappa shape index (κ3) is 4.35. The molecule has 0 heterocycles. The molecule has 0 aliphatic heterocycles. The molecule has 0 aromatic heterocycles. The Morgan fingerprint density at radius 2 is 2.29 bits per heavy atom. The van der Waals surface area contributed by atoms with E-state index in [4.69, 9.17) is 5.11 Å². The van der Waals surface area contributed by atoms with Gasteiger partial charge < -0.3 is 5.11 Å². The van der Waals surface area contributed by atoms with Gasteiger partial charge in [-0.25, -0.2) is 0 Å². The number of rotatable bonds is 5. The Bertz CT molecular complexity index is 452. The lowest BCUT2D eigenvalue weighted by molar-refractivity contribution is -0.387.